The second-order valence-electron chi connectivity index (χ2n) is 10.8. The molecule has 17 heteroatoms. The van der Waals surface area contributed by atoms with Crippen LogP contribution in [0, 0.1) is 0 Å². The van der Waals surface area contributed by atoms with Crippen LogP contribution in [0.5, 0.6) is 0 Å². The number of carbonyl (C=O) groups is 3. The molecule has 0 aromatic heterocycles. The van der Waals surface area contributed by atoms with E-state index in [4.69, 9.17) is 39.5 Å². The zero-order valence-corrected chi connectivity index (χ0v) is 27.2. The molecule has 0 spiro atoms. The van der Waals surface area contributed by atoms with Crippen LogP contribution in [0.2, 0.25) is 15.1 Å². The van der Waals surface area contributed by atoms with E-state index in [1.54, 1.807) is 30.3 Å². The van der Waals surface area contributed by atoms with Crippen molar-refractivity contribution in [1.29, 1.82) is 0 Å². The topological polar surface area (TPSA) is 116 Å². The molecule has 2 aliphatic heterocycles. The van der Waals surface area contributed by atoms with Gasteiger partial charge in [-0.25, -0.2) is 13.2 Å². The lowest BCUT2D eigenvalue weighted by molar-refractivity contribution is -0.183. The van der Waals surface area contributed by atoms with Crippen LogP contribution >= 0.6 is 34.8 Å². The minimum absolute atomic E-state index is 0.118. The highest BCUT2D eigenvalue weighted by atomic mass is 35.5. The van der Waals surface area contributed by atoms with Crippen molar-refractivity contribution in [2.45, 2.75) is 42.3 Å². The summed E-state index contributed by atoms with van der Waals surface area (Å²) in [5.41, 5.74) is 1.06. The summed E-state index contributed by atoms with van der Waals surface area (Å²) in [6, 6.07) is 15.0. The number of benzene rings is 3. The zero-order valence-electron chi connectivity index (χ0n) is 24.2. The number of nitrogens with zero attached hydrogens (tertiary/aromatic N) is 3. The summed E-state index contributed by atoms with van der Waals surface area (Å²) in [5, 5.41) is 2.55. The number of sulfonamides is 1. The summed E-state index contributed by atoms with van der Waals surface area (Å²) in [6.45, 7) is -3.38. The third-order valence-corrected chi connectivity index (χ3v) is 10.4. The summed E-state index contributed by atoms with van der Waals surface area (Å²) in [4.78, 5) is 41.5. The number of amides is 3. The van der Waals surface area contributed by atoms with Crippen LogP contribution in [0.4, 0.5) is 18.0 Å². The smallest absolute Gasteiger partial charge is 0.408 e. The molecule has 3 aromatic rings. The minimum atomic E-state index is -4.84. The second-order valence-corrected chi connectivity index (χ2v) is 14.0. The van der Waals surface area contributed by atoms with Crippen molar-refractivity contribution in [2.24, 2.45) is 0 Å². The van der Waals surface area contributed by atoms with Crippen molar-refractivity contribution in [2.75, 3.05) is 19.6 Å². The SMILES string of the molecule is O=C(NC1CN(S(=O)(=O)c2ccc(Cl)cc2Cl)C2CN(CC(F)(F)F)C(=O)C(Cc3ccc(Cl)cc3)N2C1=O)OCc1ccccc1. The van der Waals surface area contributed by atoms with Crippen molar-refractivity contribution in [3.8, 4) is 0 Å². The second kappa shape index (κ2) is 13.9. The number of rotatable bonds is 8. The number of carbonyl (C=O) groups excluding carboxylic acids is 3. The van der Waals surface area contributed by atoms with Crippen molar-refractivity contribution in [1.82, 2.24) is 19.4 Å². The number of halogens is 6. The van der Waals surface area contributed by atoms with E-state index in [0.717, 1.165) is 15.3 Å². The van der Waals surface area contributed by atoms with E-state index in [9.17, 15) is 36.0 Å². The molecule has 2 heterocycles. The summed E-state index contributed by atoms with van der Waals surface area (Å²) in [5.74, 6) is -1.95. The summed E-state index contributed by atoms with van der Waals surface area (Å²) < 4.78 is 75.4. The molecule has 2 fully saturated rings. The summed E-state index contributed by atoms with van der Waals surface area (Å²) in [6.07, 6.45) is -7.79. The van der Waals surface area contributed by atoms with Gasteiger partial charge in [0.2, 0.25) is 21.8 Å². The van der Waals surface area contributed by atoms with E-state index in [0.29, 0.717) is 21.0 Å². The quantitative estimate of drug-likeness (QED) is 0.344. The molecule has 3 unspecified atom stereocenters. The van der Waals surface area contributed by atoms with Crippen molar-refractivity contribution >= 4 is 62.7 Å². The van der Waals surface area contributed by atoms with Crippen LogP contribution in [0.25, 0.3) is 0 Å². The average Bonchev–Trinajstić information content (AvgIpc) is 3.00. The summed E-state index contributed by atoms with van der Waals surface area (Å²) in [7, 11) is -4.69. The largest absolute Gasteiger partial charge is 0.445 e. The Kier molecular flexibility index (Phi) is 10.3. The molecule has 3 atom stereocenters. The van der Waals surface area contributed by atoms with Crippen LogP contribution in [0.15, 0.2) is 77.7 Å². The highest BCUT2D eigenvalue weighted by Gasteiger charge is 2.55. The Morgan fingerprint density at radius 1 is 0.894 bits per heavy atom. The molecule has 0 aliphatic carbocycles. The first kappa shape index (κ1) is 34.8. The molecule has 0 saturated carbocycles. The molecule has 2 aliphatic rings. The monoisotopic (exact) mass is 732 g/mol. The number of ether oxygens (including phenoxy) is 1. The highest BCUT2D eigenvalue weighted by Crippen LogP contribution is 2.35. The Balaban J connectivity index is 1.55. The van der Waals surface area contributed by atoms with Gasteiger partial charge in [0.25, 0.3) is 0 Å². The van der Waals surface area contributed by atoms with Gasteiger partial charge >= 0.3 is 12.3 Å². The van der Waals surface area contributed by atoms with Gasteiger partial charge in [-0.05, 0) is 41.5 Å². The Bertz CT molecular complexity index is 1770. The number of alkyl carbamates (subject to hydrolysis) is 1. The highest BCUT2D eigenvalue weighted by molar-refractivity contribution is 7.89. The molecule has 250 valence electrons. The number of fused-ring (bicyclic) bond motifs is 1. The molecular formula is C30H26Cl3F3N4O6S. The lowest BCUT2D eigenvalue weighted by Crippen LogP contribution is -2.76. The van der Waals surface area contributed by atoms with Crippen molar-refractivity contribution in [3.05, 3.63) is 99.0 Å². The number of piperazine rings is 1. The number of alkyl halides is 3. The fraction of sp³-hybridized carbons (Fsp3) is 0.300. The van der Waals surface area contributed by atoms with Gasteiger partial charge in [-0.15, -0.1) is 0 Å². The summed E-state index contributed by atoms with van der Waals surface area (Å²) >= 11 is 18.2. The first-order valence-electron chi connectivity index (χ1n) is 14.0. The van der Waals surface area contributed by atoms with E-state index in [1.807, 2.05) is 0 Å². The van der Waals surface area contributed by atoms with Gasteiger partial charge in [-0.2, -0.15) is 17.5 Å². The molecule has 0 bridgehead atoms. The maximum absolute atomic E-state index is 14.2. The zero-order chi connectivity index (χ0) is 34.1. The third kappa shape index (κ3) is 7.95. The fourth-order valence-corrected chi connectivity index (χ4v) is 7.93. The van der Waals surface area contributed by atoms with Gasteiger partial charge in [0.15, 0.2) is 0 Å². The van der Waals surface area contributed by atoms with Crippen molar-refractivity contribution in [3.63, 3.8) is 0 Å². The van der Waals surface area contributed by atoms with Crippen LogP contribution in [0.1, 0.15) is 11.1 Å². The molecule has 5 rings (SSSR count). The molecule has 0 radical (unpaired) electrons. The molecule has 2 saturated heterocycles. The van der Waals surface area contributed by atoms with Gasteiger partial charge in [0.1, 0.15) is 36.3 Å². The number of hydrogen-bond donors (Lipinski definition) is 1. The van der Waals surface area contributed by atoms with Crippen LogP contribution in [-0.4, -0.2) is 84.5 Å². The van der Waals surface area contributed by atoms with Gasteiger partial charge in [0, 0.05) is 23.0 Å². The third-order valence-electron chi connectivity index (χ3n) is 7.58. The predicted octanol–water partition coefficient (Wildman–Crippen LogP) is 5.12. The lowest BCUT2D eigenvalue weighted by atomic mass is 9.97. The normalized spacial score (nSPS) is 20.6. The van der Waals surface area contributed by atoms with E-state index in [2.05, 4.69) is 5.32 Å². The standard InChI is InChI=1S/C30H26Cl3F3N4O6S/c31-20-8-6-18(7-9-20)12-24-28(42)38(17-30(34,35)36)15-26-39(47(44,45)25-11-10-21(32)13-22(25)33)14-23(27(41)40(24)26)37-29(43)46-16-19-4-2-1-3-5-19/h1-11,13,23-24,26H,12,14-17H2,(H,37,43). The molecule has 3 amide bonds. The maximum Gasteiger partial charge on any atom is 0.408 e. The Hall–Kier alpha value is -3.56. The fourth-order valence-electron chi connectivity index (χ4n) is 5.47. The molecular weight excluding hydrogens is 708 g/mol. The van der Waals surface area contributed by atoms with E-state index in [-0.39, 0.29) is 23.1 Å². The first-order chi connectivity index (χ1) is 22.1. The Morgan fingerprint density at radius 3 is 2.19 bits per heavy atom. The average molecular weight is 734 g/mol. The number of hydrogen-bond acceptors (Lipinski definition) is 6. The van der Waals surface area contributed by atoms with Crippen LogP contribution in [-0.2, 0) is 37.4 Å². The van der Waals surface area contributed by atoms with Crippen LogP contribution in [0.3, 0.4) is 0 Å². The number of nitrogens with one attached hydrogen (secondary N) is 1. The maximum atomic E-state index is 14.2. The Morgan fingerprint density at radius 2 is 1.55 bits per heavy atom. The molecule has 10 nitrogen and oxygen atoms in total. The first-order valence-corrected chi connectivity index (χ1v) is 16.6. The predicted molar refractivity (Wildman–Crippen MR) is 166 cm³/mol. The van der Waals surface area contributed by atoms with E-state index < -0.39 is 76.9 Å². The van der Waals surface area contributed by atoms with Gasteiger partial charge < -0.3 is 19.9 Å². The van der Waals surface area contributed by atoms with Gasteiger partial charge in [0.05, 0.1) is 11.6 Å². The molecule has 1 N–H and O–H groups in total. The molecule has 47 heavy (non-hydrogen) atoms. The van der Waals surface area contributed by atoms with E-state index >= 15 is 0 Å². The minimum Gasteiger partial charge on any atom is -0.445 e. The van der Waals surface area contributed by atoms with Crippen LogP contribution < -0.4 is 5.32 Å². The lowest BCUT2D eigenvalue weighted by Gasteiger charge is -2.53. The van der Waals surface area contributed by atoms with Gasteiger partial charge in [-0.1, -0.05) is 77.3 Å². The Labute approximate surface area is 283 Å². The van der Waals surface area contributed by atoms with Gasteiger partial charge in [-0.3, -0.25) is 9.59 Å². The van der Waals surface area contributed by atoms with Crippen molar-refractivity contribution < 1.29 is 40.7 Å². The molecule has 3 aromatic carbocycles. The van der Waals surface area contributed by atoms with E-state index in [1.165, 1.54) is 36.4 Å².